The van der Waals surface area contributed by atoms with Crippen LogP contribution >= 0.6 is 15.6 Å². The quantitative estimate of drug-likeness (QED) is 0.0108. The number of phosphoric ester groups is 2. The number of aliphatic hydroxyl groups excluding tert-OH is 2. The zero-order valence-electron chi connectivity index (χ0n) is 70.5. The van der Waals surface area contributed by atoms with E-state index in [1.165, 1.54) is 167 Å². The molecule has 0 fully saturated rings. The van der Waals surface area contributed by atoms with Gasteiger partial charge in [-0.2, -0.15) is 0 Å². The van der Waals surface area contributed by atoms with Gasteiger partial charge in [-0.05, 0) is 64.2 Å². The van der Waals surface area contributed by atoms with Gasteiger partial charge in [0.2, 0.25) is 11.8 Å². The van der Waals surface area contributed by atoms with Gasteiger partial charge in [0.1, 0.15) is 30.8 Å². The summed E-state index contributed by atoms with van der Waals surface area (Å²) in [5.74, 6) is -1.88. The summed E-state index contributed by atoms with van der Waals surface area (Å²) in [4.78, 5) is 73.0. The van der Waals surface area contributed by atoms with Crippen molar-refractivity contribution in [3.8, 4) is 0 Å². The van der Waals surface area contributed by atoms with E-state index in [2.05, 4.69) is 52.2 Å². The van der Waals surface area contributed by atoms with E-state index in [0.29, 0.717) is 51.4 Å². The molecule has 0 saturated carbocycles. The summed E-state index contributed by atoms with van der Waals surface area (Å²) in [7, 11) is -9.48. The van der Waals surface area contributed by atoms with E-state index in [0.717, 1.165) is 154 Å². The molecule has 0 aliphatic heterocycles. The smallest absolute Gasteiger partial charge is 0.462 e. The zero-order chi connectivity index (χ0) is 80.0. The number of rotatable bonds is 88. The lowest BCUT2D eigenvalue weighted by molar-refractivity contribution is -0.166. The summed E-state index contributed by atoms with van der Waals surface area (Å²) >= 11 is 0. The molecule has 6 N–H and O–H groups in total. The highest BCUT2D eigenvalue weighted by molar-refractivity contribution is 7.47. The van der Waals surface area contributed by atoms with E-state index < -0.39 is 85.1 Å². The summed E-state index contributed by atoms with van der Waals surface area (Å²) in [6, 6.07) is 0. The van der Waals surface area contributed by atoms with Crippen LogP contribution < -0.4 is 10.6 Å². The van der Waals surface area contributed by atoms with Gasteiger partial charge in [0.15, 0.2) is 12.6 Å². The van der Waals surface area contributed by atoms with Gasteiger partial charge in [-0.25, -0.2) is 9.13 Å². The molecule has 0 aromatic rings. The van der Waals surface area contributed by atoms with Gasteiger partial charge in [0.25, 0.3) is 0 Å². The first-order valence-corrected chi connectivity index (χ1v) is 47.9. The van der Waals surface area contributed by atoms with Gasteiger partial charge in [-0.1, -0.05) is 324 Å². The van der Waals surface area contributed by atoms with Gasteiger partial charge >= 0.3 is 27.6 Å². The van der Waals surface area contributed by atoms with Crippen molar-refractivity contribution in [2.24, 2.45) is 0 Å². The molecule has 8 unspecified atom stereocenters. The molecule has 0 bridgehead atoms. The monoisotopic (exact) mass is 1600 g/mol. The molecule has 0 spiro atoms. The lowest BCUT2D eigenvalue weighted by Gasteiger charge is -2.23. The maximum Gasteiger partial charge on any atom is 0.472 e. The Hall–Kier alpha value is -2.14. The molecule has 648 valence electrons. The van der Waals surface area contributed by atoms with Gasteiger partial charge in [-0.3, -0.25) is 37.3 Å². The van der Waals surface area contributed by atoms with Crippen LogP contribution in [0, 0.1) is 0 Å². The second-order valence-corrected chi connectivity index (χ2v) is 33.6. The number of amides is 2. The number of esters is 2. The first-order chi connectivity index (χ1) is 52.9. The Labute approximate surface area is 665 Å². The van der Waals surface area contributed by atoms with E-state index in [9.17, 15) is 48.3 Å². The van der Waals surface area contributed by atoms with Crippen LogP contribution in [0.5, 0.6) is 0 Å². The highest BCUT2D eigenvalue weighted by atomic mass is 31.2. The minimum atomic E-state index is -4.74. The number of hydrogen-bond acceptors (Lipinski definition) is 18. The summed E-state index contributed by atoms with van der Waals surface area (Å²) in [5, 5.41) is 26.9. The van der Waals surface area contributed by atoms with Crippen LogP contribution in [-0.2, 0) is 74.8 Å². The van der Waals surface area contributed by atoms with Crippen LogP contribution in [-0.4, -0.2) is 147 Å². The van der Waals surface area contributed by atoms with Crippen LogP contribution in [0.15, 0.2) is 0 Å². The average molecular weight is 1600 g/mol. The molecule has 0 aliphatic rings. The molecular formula is C85H168N2O20P2. The van der Waals surface area contributed by atoms with Crippen molar-refractivity contribution in [1.29, 1.82) is 0 Å². The third kappa shape index (κ3) is 76.9. The standard InChI is InChI=1S/C85H168N2O20P2/c1-7-13-19-25-29-33-35-39-43-49-55-61-84(92)106-78(72-98-67-63-76(57-51-45-23-17-11-5)104-82(90)59-53-47-41-37-31-27-21-15-9-3)74-102-108(94,95)100-69-65-86-80(88)71-81(89)87-66-70-101-109(96,97)103-75-79(107-85(93)62-56-50-44-40-36-34-30-26-20-14-8-2)73-99-68-64-77(58-52-46-24-18-12-6)105-83(91)60-54-48-42-38-32-28-22-16-10-4/h76-79,84-85,92-93H,7-75H2,1-6H3,(H,86,88)(H,87,89)(H,94,95)(H,96,97). The third-order valence-electron chi connectivity index (χ3n) is 19.9. The summed E-state index contributed by atoms with van der Waals surface area (Å²) in [6.07, 6.45) is 54.9. The molecule has 0 aliphatic carbocycles. The summed E-state index contributed by atoms with van der Waals surface area (Å²) in [5.41, 5.74) is 0. The second kappa shape index (κ2) is 79.7. The van der Waals surface area contributed by atoms with Crippen LogP contribution in [0.4, 0.5) is 0 Å². The number of phosphoric acid groups is 2. The number of hydrogen-bond donors (Lipinski definition) is 6. The van der Waals surface area contributed by atoms with Crippen LogP contribution in [0.25, 0.3) is 0 Å². The van der Waals surface area contributed by atoms with Crippen LogP contribution in [0.3, 0.4) is 0 Å². The van der Waals surface area contributed by atoms with E-state index in [1.54, 1.807) is 0 Å². The second-order valence-electron chi connectivity index (χ2n) is 30.7. The SMILES string of the molecule is CCCCCCCCCCCCCC(O)OC(COCCC(CCCCCCC)OC(=O)CCCCCCCCCCC)COP(=O)(O)OCCNC(=O)CC(=O)NCCOP(=O)(O)OCC(COCCC(CCCCCCC)OC(=O)CCCCCCCCCCC)OC(O)CCCCCCCCCCCCC. The Morgan fingerprint density at radius 1 is 0.294 bits per heavy atom. The van der Waals surface area contributed by atoms with Gasteiger partial charge < -0.3 is 59.1 Å². The van der Waals surface area contributed by atoms with Crippen LogP contribution in [0.2, 0.25) is 0 Å². The molecule has 0 aromatic carbocycles. The molecular weight excluding hydrogens is 1430 g/mol. The Morgan fingerprint density at radius 3 is 0.817 bits per heavy atom. The molecule has 0 saturated heterocycles. The van der Waals surface area contributed by atoms with Crippen molar-refractivity contribution >= 4 is 39.4 Å². The van der Waals surface area contributed by atoms with Crippen molar-refractivity contribution in [2.45, 2.75) is 457 Å². The molecule has 22 nitrogen and oxygen atoms in total. The summed E-state index contributed by atoms with van der Waals surface area (Å²) in [6.45, 7) is 11.1. The minimum Gasteiger partial charge on any atom is -0.462 e. The molecule has 0 heterocycles. The fourth-order valence-corrected chi connectivity index (χ4v) is 14.7. The predicted octanol–water partition coefficient (Wildman–Crippen LogP) is 21.9. The lowest BCUT2D eigenvalue weighted by atomic mass is 10.1. The highest BCUT2D eigenvalue weighted by Crippen LogP contribution is 2.44. The van der Waals surface area contributed by atoms with Crippen LogP contribution in [0.1, 0.15) is 420 Å². The number of carbonyl (C=O) groups is 4. The van der Waals surface area contributed by atoms with Crippen molar-refractivity contribution in [1.82, 2.24) is 10.6 Å². The molecule has 2 amide bonds. The third-order valence-corrected chi connectivity index (χ3v) is 21.9. The van der Waals surface area contributed by atoms with Gasteiger partial charge in [-0.15, -0.1) is 0 Å². The lowest BCUT2D eigenvalue weighted by Crippen LogP contribution is -2.34. The van der Waals surface area contributed by atoms with E-state index >= 15 is 0 Å². The summed E-state index contributed by atoms with van der Waals surface area (Å²) < 4.78 is 83.3. The number of unbranched alkanes of at least 4 members (excludes halogenated alkanes) is 44. The number of carbonyl (C=O) groups excluding carboxylic acids is 4. The first kappa shape index (κ1) is 107. The van der Waals surface area contributed by atoms with E-state index in [4.69, 9.17) is 46.5 Å². The molecule has 109 heavy (non-hydrogen) atoms. The van der Waals surface area contributed by atoms with Gasteiger partial charge in [0.05, 0.1) is 52.9 Å². The fraction of sp³-hybridized carbons (Fsp3) is 0.953. The Morgan fingerprint density at radius 2 is 0.541 bits per heavy atom. The Bertz CT molecular complexity index is 1980. The van der Waals surface area contributed by atoms with Crippen molar-refractivity contribution in [3.63, 3.8) is 0 Å². The molecule has 0 rings (SSSR count). The topological polar surface area (TPSA) is 300 Å². The predicted molar refractivity (Wildman–Crippen MR) is 439 cm³/mol. The largest absolute Gasteiger partial charge is 0.472 e. The van der Waals surface area contributed by atoms with Gasteiger partial charge in [0, 0.05) is 38.8 Å². The highest BCUT2D eigenvalue weighted by Gasteiger charge is 2.28. The van der Waals surface area contributed by atoms with Crippen molar-refractivity contribution in [2.75, 3.05) is 65.9 Å². The normalized spacial score (nSPS) is 14.6. The van der Waals surface area contributed by atoms with Crippen molar-refractivity contribution in [3.05, 3.63) is 0 Å². The molecule has 0 aromatic heterocycles. The molecule has 0 radical (unpaired) electrons. The van der Waals surface area contributed by atoms with E-state index in [1.807, 2.05) is 0 Å². The number of nitrogens with one attached hydrogen (secondary N) is 2. The Balaban J connectivity index is 5.51. The Kier molecular flexibility index (Phi) is 78.1. The maximum atomic E-state index is 13.2. The molecule has 8 atom stereocenters. The first-order valence-electron chi connectivity index (χ1n) is 44.9. The van der Waals surface area contributed by atoms with E-state index in [-0.39, 0.29) is 63.7 Å². The zero-order valence-corrected chi connectivity index (χ0v) is 72.3. The number of aliphatic hydroxyl groups is 2. The number of ether oxygens (including phenoxy) is 6. The maximum absolute atomic E-state index is 13.2. The molecule has 24 heteroatoms. The van der Waals surface area contributed by atoms with Crippen molar-refractivity contribution < 1.29 is 94.8 Å². The average Bonchev–Trinajstić information content (AvgIpc) is 0.927. The minimum absolute atomic E-state index is 0.0948. The fourth-order valence-electron chi connectivity index (χ4n) is 13.2.